The molecule has 0 amide bonds. The third kappa shape index (κ3) is 3.03. The zero-order chi connectivity index (χ0) is 13.1. The first kappa shape index (κ1) is 13.6. The fraction of sp³-hybridized carbons (Fsp3) is 0. The average Bonchev–Trinajstić information content (AvgIpc) is 2.97. The van der Waals surface area contributed by atoms with Gasteiger partial charge in [-0.2, -0.15) is 0 Å². The number of halogens is 1. The van der Waals surface area contributed by atoms with E-state index in [0.717, 1.165) is 11.6 Å². The van der Waals surface area contributed by atoms with Gasteiger partial charge in [-0.25, -0.2) is 0 Å². The minimum atomic E-state index is -1.54. The van der Waals surface area contributed by atoms with Gasteiger partial charge in [-0.3, -0.25) is 0 Å². The number of nitrogens with zero attached hydrogens (tertiary/aromatic N) is 1. The first-order valence-corrected chi connectivity index (χ1v) is 15.7. The molecule has 5 radical (unpaired) electrons. The molecule has 0 unspecified atom stereocenters. The van der Waals surface area contributed by atoms with Crippen LogP contribution in [0.4, 0.5) is 5.69 Å². The second kappa shape index (κ2) is 6.36. The molecule has 0 aromatic heterocycles. The van der Waals surface area contributed by atoms with Gasteiger partial charge in [0.05, 0.1) is 0 Å². The van der Waals surface area contributed by atoms with Crippen molar-refractivity contribution in [3.8, 4) is 0 Å². The van der Waals surface area contributed by atoms with Crippen LogP contribution in [0.2, 0.25) is 0 Å². The quantitative estimate of drug-likeness (QED) is 0.495. The van der Waals surface area contributed by atoms with Crippen LogP contribution in [0.1, 0.15) is 0 Å². The molecule has 0 N–H and O–H groups in total. The number of hydrogen-bond acceptors (Lipinski definition) is 1. The summed E-state index contributed by atoms with van der Waals surface area (Å²) in [7, 11) is 6.32. The van der Waals surface area contributed by atoms with Crippen molar-refractivity contribution in [2.75, 3.05) is 0 Å². The first-order valence-electron chi connectivity index (χ1n) is 6.21. The molecule has 3 heteroatoms. The predicted octanol–water partition coefficient (Wildman–Crippen LogP) is 3.81. The number of aliphatic imine (C=N–C) groups is 1. The standard InChI is InChI=1S/C16H11N.ClH.Hg/c1-2-6-13(5-1)12-17-16-10-9-14-7-3-4-8-15(14)11-16;;/h1-10,12H;1H;/q;;+1/p-1. The van der Waals surface area contributed by atoms with Gasteiger partial charge < -0.3 is 0 Å². The molecule has 0 heterocycles. The second-order valence-electron chi connectivity index (χ2n) is 4.39. The Bertz CT molecular complexity index is 603. The molecule has 3 rings (SSSR count). The van der Waals surface area contributed by atoms with E-state index in [1.165, 1.54) is 13.8 Å². The van der Waals surface area contributed by atoms with E-state index in [9.17, 15) is 0 Å². The Morgan fingerprint density at radius 2 is 1.79 bits per heavy atom. The van der Waals surface area contributed by atoms with Gasteiger partial charge >= 0.3 is 130 Å². The number of hydrogen-bond donors (Lipinski definition) is 0. The summed E-state index contributed by atoms with van der Waals surface area (Å²) in [5, 5.41) is 2.53. The molecule has 19 heavy (non-hydrogen) atoms. The van der Waals surface area contributed by atoms with Gasteiger partial charge in [-0.05, 0) is 0 Å². The van der Waals surface area contributed by atoms with Gasteiger partial charge in [0.15, 0.2) is 0 Å². The van der Waals surface area contributed by atoms with E-state index in [4.69, 9.17) is 8.25 Å². The van der Waals surface area contributed by atoms with E-state index in [2.05, 4.69) is 54.2 Å². The van der Waals surface area contributed by atoms with Crippen molar-refractivity contribution in [2.45, 2.75) is 0 Å². The molecule has 2 aromatic rings. The van der Waals surface area contributed by atoms with Crippen LogP contribution in [0.25, 0.3) is 10.8 Å². The summed E-state index contributed by atoms with van der Waals surface area (Å²) < 4.78 is 1.31. The molecule has 89 valence electrons. The van der Waals surface area contributed by atoms with E-state index in [1.807, 2.05) is 19.1 Å². The zero-order valence-electron chi connectivity index (χ0n) is 10.4. The SMILES string of the molecule is [Cl][Hg][c]1c(N=C[C]2[CH][CH][CH][CH]2)ccc2ccccc12. The molecule has 1 fully saturated rings. The molecule has 1 aliphatic rings. The summed E-state index contributed by atoms with van der Waals surface area (Å²) in [6, 6.07) is 12.6. The molecule has 0 bridgehead atoms. The monoisotopic (exact) mass is 454 g/mol. The molecule has 0 saturated heterocycles. The summed E-state index contributed by atoms with van der Waals surface area (Å²) in [5.74, 6) is 1.13. The number of rotatable bonds is 3. The Balaban J connectivity index is 1.98. The Labute approximate surface area is 129 Å². The third-order valence-corrected chi connectivity index (χ3v) is 9.46. The van der Waals surface area contributed by atoms with Gasteiger partial charge in [0.25, 0.3) is 0 Å². The second-order valence-corrected chi connectivity index (χ2v) is 10.5. The fourth-order valence-electron chi connectivity index (χ4n) is 2.20. The molecule has 0 aliphatic heterocycles. The Hall–Kier alpha value is -0.405. The molecule has 0 atom stereocenters. The molecule has 0 spiro atoms. The van der Waals surface area contributed by atoms with E-state index in [0.29, 0.717) is 0 Å². The van der Waals surface area contributed by atoms with Crippen molar-refractivity contribution in [3.05, 3.63) is 68.0 Å². The summed E-state index contributed by atoms with van der Waals surface area (Å²) in [6.45, 7) is 0. The average molecular weight is 453 g/mol. The van der Waals surface area contributed by atoms with Crippen LogP contribution in [0.3, 0.4) is 0 Å². The van der Waals surface area contributed by atoms with Crippen molar-refractivity contribution in [2.24, 2.45) is 4.99 Å². The van der Waals surface area contributed by atoms with Crippen molar-refractivity contribution in [3.63, 3.8) is 0 Å². The van der Waals surface area contributed by atoms with Crippen LogP contribution in [0, 0.1) is 31.6 Å². The van der Waals surface area contributed by atoms with E-state index in [1.54, 1.807) is 0 Å². The van der Waals surface area contributed by atoms with E-state index < -0.39 is 23.3 Å². The van der Waals surface area contributed by atoms with Gasteiger partial charge in [-0.15, -0.1) is 0 Å². The van der Waals surface area contributed by atoms with Gasteiger partial charge in [0, 0.05) is 0 Å². The number of benzene rings is 2. The summed E-state index contributed by atoms with van der Waals surface area (Å²) >= 11 is -1.54. The van der Waals surface area contributed by atoms with E-state index in [-0.39, 0.29) is 0 Å². The van der Waals surface area contributed by atoms with E-state index >= 15 is 0 Å². The Morgan fingerprint density at radius 1 is 1.00 bits per heavy atom. The minimum absolute atomic E-state index is 1.04. The molecular weight excluding hydrogens is 442 g/mol. The first-order chi connectivity index (χ1) is 9.38. The van der Waals surface area contributed by atoms with Gasteiger partial charge in [-0.1, -0.05) is 0 Å². The van der Waals surface area contributed by atoms with Gasteiger partial charge in [0.2, 0.25) is 0 Å². The topological polar surface area (TPSA) is 12.4 Å². The van der Waals surface area contributed by atoms with Crippen molar-refractivity contribution >= 4 is 34.0 Å². The molecule has 1 saturated carbocycles. The Morgan fingerprint density at radius 3 is 2.58 bits per heavy atom. The molecular formula is C16H11ClHgN. The van der Waals surface area contributed by atoms with Crippen LogP contribution >= 0.6 is 8.25 Å². The van der Waals surface area contributed by atoms with Crippen LogP contribution in [-0.2, 0) is 23.3 Å². The summed E-state index contributed by atoms with van der Waals surface area (Å²) in [4.78, 5) is 4.62. The van der Waals surface area contributed by atoms with Crippen molar-refractivity contribution < 1.29 is 23.3 Å². The van der Waals surface area contributed by atoms with Crippen molar-refractivity contribution in [1.29, 1.82) is 0 Å². The summed E-state index contributed by atoms with van der Waals surface area (Å²) in [5.41, 5.74) is 1.04. The van der Waals surface area contributed by atoms with Gasteiger partial charge in [0.1, 0.15) is 0 Å². The molecule has 2 aromatic carbocycles. The Kier molecular flexibility index (Phi) is 4.55. The number of fused-ring (bicyclic) bond motifs is 1. The normalized spacial score (nSPS) is 16.3. The zero-order valence-corrected chi connectivity index (χ0v) is 16.6. The van der Waals surface area contributed by atoms with Crippen LogP contribution in [0.5, 0.6) is 0 Å². The molecule has 1 aliphatic carbocycles. The van der Waals surface area contributed by atoms with Crippen LogP contribution < -0.4 is 3.07 Å². The maximum absolute atomic E-state index is 6.32. The van der Waals surface area contributed by atoms with Crippen molar-refractivity contribution in [1.82, 2.24) is 0 Å². The summed E-state index contributed by atoms with van der Waals surface area (Å²) in [6.07, 6.45) is 10.0. The van der Waals surface area contributed by atoms with Crippen LogP contribution in [0.15, 0.2) is 41.4 Å². The predicted molar refractivity (Wildman–Crippen MR) is 78.0 cm³/mol. The van der Waals surface area contributed by atoms with Crippen LogP contribution in [-0.4, -0.2) is 6.21 Å². The third-order valence-electron chi connectivity index (χ3n) is 3.19. The fourth-order valence-corrected chi connectivity index (χ4v) is 7.83. The molecule has 1 nitrogen and oxygen atoms in total. The maximum atomic E-state index is 6.32.